The van der Waals surface area contributed by atoms with Crippen molar-refractivity contribution >= 4 is 5.97 Å². The zero-order valence-corrected chi connectivity index (χ0v) is 11.6. The molecule has 0 heterocycles. The van der Waals surface area contributed by atoms with E-state index < -0.39 is 11.4 Å². The number of rotatable bonds is 6. The van der Waals surface area contributed by atoms with Gasteiger partial charge >= 0.3 is 5.97 Å². The maximum Gasteiger partial charge on any atom is 0.309 e. The summed E-state index contributed by atoms with van der Waals surface area (Å²) >= 11 is 0. The van der Waals surface area contributed by atoms with Gasteiger partial charge in [-0.1, -0.05) is 32.0 Å². The Morgan fingerprint density at radius 2 is 1.72 bits per heavy atom. The molecule has 100 valence electrons. The molecule has 18 heavy (non-hydrogen) atoms. The monoisotopic (exact) mass is 250 g/mol. The Hall–Kier alpha value is -1.51. The van der Waals surface area contributed by atoms with Gasteiger partial charge in [0.1, 0.15) is 5.75 Å². The third kappa shape index (κ3) is 4.40. The van der Waals surface area contributed by atoms with Crippen LogP contribution in [-0.4, -0.2) is 17.7 Å². The molecule has 0 aromatic heterocycles. The lowest BCUT2D eigenvalue weighted by Crippen LogP contribution is -2.33. The Balaban J connectivity index is 2.57. The molecule has 1 aromatic carbocycles. The second-order valence-electron chi connectivity index (χ2n) is 6.13. The zero-order chi connectivity index (χ0) is 13.8. The quantitative estimate of drug-likeness (QED) is 0.839. The van der Waals surface area contributed by atoms with E-state index in [4.69, 9.17) is 9.84 Å². The van der Waals surface area contributed by atoms with Crippen molar-refractivity contribution in [3.8, 4) is 5.75 Å². The number of aliphatic carboxylic acids is 1. The van der Waals surface area contributed by atoms with Gasteiger partial charge in [-0.2, -0.15) is 0 Å². The van der Waals surface area contributed by atoms with Gasteiger partial charge in [0.25, 0.3) is 0 Å². The van der Waals surface area contributed by atoms with Crippen LogP contribution in [0.3, 0.4) is 0 Å². The number of carboxylic acid groups (broad SMARTS) is 1. The van der Waals surface area contributed by atoms with Crippen LogP contribution in [0.2, 0.25) is 0 Å². The highest BCUT2D eigenvalue weighted by Gasteiger charge is 2.35. The topological polar surface area (TPSA) is 46.5 Å². The van der Waals surface area contributed by atoms with E-state index in [1.54, 1.807) is 13.8 Å². The third-order valence-electron chi connectivity index (χ3n) is 2.87. The maximum atomic E-state index is 11.1. The van der Waals surface area contributed by atoms with E-state index in [9.17, 15) is 4.79 Å². The minimum absolute atomic E-state index is 0.183. The molecule has 0 amide bonds. The van der Waals surface area contributed by atoms with Crippen LogP contribution in [-0.2, 0) is 4.79 Å². The molecule has 0 saturated carbocycles. The van der Waals surface area contributed by atoms with E-state index in [0.717, 1.165) is 5.75 Å². The van der Waals surface area contributed by atoms with Crippen molar-refractivity contribution in [3.63, 3.8) is 0 Å². The molecule has 0 atom stereocenters. The Labute approximate surface area is 109 Å². The largest absolute Gasteiger partial charge is 0.493 e. The zero-order valence-electron chi connectivity index (χ0n) is 11.6. The summed E-state index contributed by atoms with van der Waals surface area (Å²) in [7, 11) is 0. The van der Waals surface area contributed by atoms with E-state index in [0.29, 0.717) is 13.0 Å². The average molecular weight is 250 g/mol. The molecular weight excluding hydrogens is 228 g/mol. The Morgan fingerprint density at radius 3 is 2.22 bits per heavy atom. The van der Waals surface area contributed by atoms with E-state index >= 15 is 0 Å². The Bertz CT molecular complexity index is 393. The normalized spacial score (nSPS) is 12.2. The fraction of sp³-hybridized carbons (Fsp3) is 0.533. The predicted octanol–water partition coefficient (Wildman–Crippen LogP) is 3.59. The summed E-state index contributed by atoms with van der Waals surface area (Å²) in [6, 6.07) is 9.58. The van der Waals surface area contributed by atoms with Crippen LogP contribution in [0.1, 0.15) is 34.1 Å². The van der Waals surface area contributed by atoms with E-state index in [2.05, 4.69) is 0 Å². The number of para-hydroxylation sites is 1. The maximum absolute atomic E-state index is 11.1. The molecule has 0 spiro atoms. The number of ether oxygens (including phenoxy) is 1. The molecular formula is C15H22O3. The first-order valence-electron chi connectivity index (χ1n) is 6.14. The SMILES string of the molecule is CC(C)(COc1ccccc1)CC(C)(C)C(=O)O. The van der Waals surface area contributed by atoms with Gasteiger partial charge in [0.05, 0.1) is 12.0 Å². The Morgan fingerprint density at radius 1 is 1.17 bits per heavy atom. The summed E-state index contributed by atoms with van der Waals surface area (Å²) < 4.78 is 5.70. The van der Waals surface area contributed by atoms with Crippen LogP contribution in [0.25, 0.3) is 0 Å². The summed E-state index contributed by atoms with van der Waals surface area (Å²) in [5.74, 6) is 0.0500. The molecule has 1 rings (SSSR count). The standard InChI is InChI=1S/C15H22O3/c1-14(2,10-15(3,4)13(16)17)11-18-12-8-6-5-7-9-12/h5-9H,10-11H2,1-4H3,(H,16,17). The van der Waals surface area contributed by atoms with Crippen molar-refractivity contribution in [1.29, 1.82) is 0 Å². The number of hydrogen-bond acceptors (Lipinski definition) is 2. The van der Waals surface area contributed by atoms with Crippen LogP contribution in [0.4, 0.5) is 0 Å². The number of carboxylic acids is 1. The van der Waals surface area contributed by atoms with Crippen molar-refractivity contribution < 1.29 is 14.6 Å². The van der Waals surface area contributed by atoms with Gasteiger partial charge < -0.3 is 9.84 Å². The van der Waals surface area contributed by atoms with E-state index in [-0.39, 0.29) is 5.41 Å². The molecule has 0 bridgehead atoms. The van der Waals surface area contributed by atoms with Crippen molar-refractivity contribution in [2.45, 2.75) is 34.1 Å². The molecule has 0 saturated heterocycles. The van der Waals surface area contributed by atoms with Crippen LogP contribution in [0.5, 0.6) is 5.75 Å². The number of carbonyl (C=O) groups is 1. The van der Waals surface area contributed by atoms with E-state index in [1.807, 2.05) is 44.2 Å². The van der Waals surface area contributed by atoms with Crippen LogP contribution >= 0.6 is 0 Å². The summed E-state index contributed by atoms with van der Waals surface area (Å²) in [6.45, 7) is 8.06. The average Bonchev–Trinajstić information content (AvgIpc) is 2.26. The van der Waals surface area contributed by atoms with Crippen LogP contribution in [0, 0.1) is 10.8 Å². The highest BCUT2D eigenvalue weighted by Crippen LogP contribution is 2.34. The first-order chi connectivity index (χ1) is 8.23. The predicted molar refractivity (Wildman–Crippen MR) is 71.8 cm³/mol. The lowest BCUT2D eigenvalue weighted by Gasteiger charge is -2.31. The number of hydrogen-bond donors (Lipinski definition) is 1. The van der Waals surface area contributed by atoms with Crippen LogP contribution < -0.4 is 4.74 Å². The van der Waals surface area contributed by atoms with Gasteiger partial charge in [0.15, 0.2) is 0 Å². The van der Waals surface area contributed by atoms with E-state index in [1.165, 1.54) is 0 Å². The number of benzene rings is 1. The molecule has 0 fully saturated rings. The highest BCUT2D eigenvalue weighted by atomic mass is 16.5. The van der Waals surface area contributed by atoms with Gasteiger partial charge in [0.2, 0.25) is 0 Å². The fourth-order valence-corrected chi connectivity index (χ4v) is 2.12. The van der Waals surface area contributed by atoms with Gasteiger partial charge in [-0.25, -0.2) is 0 Å². The summed E-state index contributed by atoms with van der Waals surface area (Å²) in [6.07, 6.45) is 0.572. The molecule has 1 aromatic rings. The first kappa shape index (κ1) is 14.6. The lowest BCUT2D eigenvalue weighted by atomic mass is 9.75. The van der Waals surface area contributed by atoms with Gasteiger partial charge in [0, 0.05) is 0 Å². The fourth-order valence-electron chi connectivity index (χ4n) is 2.12. The molecule has 3 heteroatoms. The van der Waals surface area contributed by atoms with Crippen LogP contribution in [0.15, 0.2) is 30.3 Å². The molecule has 0 aliphatic carbocycles. The minimum atomic E-state index is -0.768. The molecule has 0 aliphatic rings. The molecule has 3 nitrogen and oxygen atoms in total. The van der Waals surface area contributed by atoms with Crippen molar-refractivity contribution in [2.24, 2.45) is 10.8 Å². The second-order valence-corrected chi connectivity index (χ2v) is 6.13. The third-order valence-corrected chi connectivity index (χ3v) is 2.87. The molecule has 1 N–H and O–H groups in total. The van der Waals surface area contributed by atoms with Crippen molar-refractivity contribution in [1.82, 2.24) is 0 Å². The molecule has 0 aliphatic heterocycles. The molecule has 0 unspecified atom stereocenters. The minimum Gasteiger partial charge on any atom is -0.493 e. The van der Waals surface area contributed by atoms with Crippen molar-refractivity contribution in [2.75, 3.05) is 6.61 Å². The second kappa shape index (κ2) is 5.42. The summed E-state index contributed by atoms with van der Waals surface area (Å²) in [5.41, 5.74) is -0.915. The van der Waals surface area contributed by atoms with Crippen molar-refractivity contribution in [3.05, 3.63) is 30.3 Å². The highest BCUT2D eigenvalue weighted by molar-refractivity contribution is 5.73. The molecule has 0 radical (unpaired) electrons. The van der Waals surface area contributed by atoms with Gasteiger partial charge in [-0.3, -0.25) is 4.79 Å². The smallest absolute Gasteiger partial charge is 0.309 e. The van der Waals surface area contributed by atoms with Gasteiger partial charge in [-0.05, 0) is 37.8 Å². The Kier molecular flexibility index (Phi) is 4.38. The first-order valence-corrected chi connectivity index (χ1v) is 6.14. The lowest BCUT2D eigenvalue weighted by molar-refractivity contribution is -0.148. The van der Waals surface area contributed by atoms with Gasteiger partial charge in [-0.15, -0.1) is 0 Å². The summed E-state index contributed by atoms with van der Waals surface area (Å²) in [5, 5.41) is 9.15. The summed E-state index contributed by atoms with van der Waals surface area (Å²) in [4.78, 5) is 11.1.